The monoisotopic (exact) mass is 465 g/mol. The Morgan fingerprint density at radius 2 is 1.90 bits per heavy atom. The number of carbonyl (C=O) groups is 1. The average Bonchev–Trinajstić information content (AvgIpc) is 3.15. The largest absolute Gasteiger partial charge is 0.494 e. The zero-order valence-electron chi connectivity index (χ0n) is 17.8. The molecule has 5 nitrogen and oxygen atoms in total. The summed E-state index contributed by atoms with van der Waals surface area (Å²) in [5, 5.41) is 0.713. The molecule has 0 bridgehead atoms. The Bertz CT molecular complexity index is 978. The van der Waals surface area contributed by atoms with Crippen LogP contribution in [-0.2, 0) is 0 Å². The molecule has 2 aromatic carbocycles. The predicted octanol–water partition coefficient (Wildman–Crippen LogP) is 5.44. The van der Waals surface area contributed by atoms with Gasteiger partial charge >= 0.3 is 0 Å². The lowest BCUT2D eigenvalue weighted by Gasteiger charge is -2.22. The minimum absolute atomic E-state index is 0. The molecule has 30 heavy (non-hydrogen) atoms. The van der Waals surface area contributed by atoms with Crippen molar-refractivity contribution in [1.29, 1.82) is 0 Å². The Kier molecular flexibility index (Phi) is 9.42. The van der Waals surface area contributed by atoms with Crippen LogP contribution in [-0.4, -0.2) is 55.8 Å². The lowest BCUT2D eigenvalue weighted by Crippen LogP contribution is -2.33. The summed E-state index contributed by atoms with van der Waals surface area (Å²) in [6.07, 6.45) is 0.870. The van der Waals surface area contributed by atoms with Crippen molar-refractivity contribution in [1.82, 2.24) is 9.88 Å². The molecule has 3 aromatic rings. The van der Waals surface area contributed by atoms with Gasteiger partial charge in [0.1, 0.15) is 11.3 Å². The molecule has 1 amide bonds. The second-order valence-corrected chi connectivity index (χ2v) is 9.16. The van der Waals surface area contributed by atoms with E-state index in [4.69, 9.17) is 9.72 Å². The van der Waals surface area contributed by atoms with Gasteiger partial charge < -0.3 is 9.64 Å². The Labute approximate surface area is 192 Å². The molecule has 3 rings (SSSR count). The highest BCUT2D eigenvalue weighted by Gasteiger charge is 2.24. The van der Waals surface area contributed by atoms with Crippen LogP contribution in [0, 0.1) is 0 Å². The minimum atomic E-state index is -0.00155. The predicted molar refractivity (Wildman–Crippen MR) is 131 cm³/mol. The van der Waals surface area contributed by atoms with Crippen molar-refractivity contribution in [3.8, 4) is 5.75 Å². The molecule has 0 aliphatic heterocycles. The van der Waals surface area contributed by atoms with Crippen LogP contribution in [0.1, 0.15) is 23.7 Å². The first-order valence-electron chi connectivity index (χ1n) is 9.67. The molecule has 0 saturated heterocycles. The summed E-state index contributed by atoms with van der Waals surface area (Å²) in [6.45, 7) is 3.62. The molecule has 0 aliphatic carbocycles. The fourth-order valence-electron chi connectivity index (χ4n) is 3.09. The SMILES string of the molecule is CCSc1ccccc1C(=O)N(CCCN(C)C)c1nc2c(OC)cccc2s1.Cl. The number of amides is 1. The summed E-state index contributed by atoms with van der Waals surface area (Å²) < 4.78 is 6.47. The molecule has 0 saturated carbocycles. The molecule has 0 radical (unpaired) electrons. The average molecular weight is 466 g/mol. The normalized spacial score (nSPS) is 10.8. The van der Waals surface area contributed by atoms with Gasteiger partial charge in [-0.2, -0.15) is 0 Å². The molecule has 1 heterocycles. The number of hydrogen-bond donors (Lipinski definition) is 0. The molecule has 0 N–H and O–H groups in total. The van der Waals surface area contributed by atoms with Gasteiger partial charge in [-0.15, -0.1) is 24.2 Å². The van der Waals surface area contributed by atoms with E-state index in [1.165, 1.54) is 11.3 Å². The standard InChI is InChI=1S/C22H27N3O2S2.ClH/c1-5-28-18-12-7-6-10-16(18)21(26)25(15-9-14-24(2)3)22-23-20-17(27-4)11-8-13-19(20)29-22;/h6-8,10-13H,5,9,14-15H2,1-4H3;1H. The number of para-hydroxylation sites is 1. The molecule has 162 valence electrons. The number of nitrogens with zero attached hydrogens (tertiary/aromatic N) is 3. The molecule has 1 aromatic heterocycles. The van der Waals surface area contributed by atoms with Crippen molar-refractivity contribution in [2.24, 2.45) is 0 Å². The number of fused-ring (bicyclic) bond motifs is 1. The van der Waals surface area contributed by atoms with E-state index in [-0.39, 0.29) is 18.3 Å². The quantitative estimate of drug-likeness (QED) is 0.394. The van der Waals surface area contributed by atoms with Crippen molar-refractivity contribution in [2.45, 2.75) is 18.2 Å². The molecule has 0 fully saturated rings. The minimum Gasteiger partial charge on any atom is -0.494 e. The van der Waals surface area contributed by atoms with E-state index < -0.39 is 0 Å². The maximum atomic E-state index is 13.6. The number of aromatic nitrogens is 1. The van der Waals surface area contributed by atoms with Gasteiger partial charge in [0, 0.05) is 11.4 Å². The number of ether oxygens (including phenoxy) is 1. The van der Waals surface area contributed by atoms with E-state index in [0.717, 1.165) is 45.1 Å². The van der Waals surface area contributed by atoms with E-state index in [0.29, 0.717) is 11.7 Å². The number of thiazole rings is 1. The fourth-order valence-corrected chi connectivity index (χ4v) is 4.90. The Hall–Kier alpha value is -1.80. The molecule has 0 atom stereocenters. The van der Waals surface area contributed by atoms with Gasteiger partial charge in [-0.3, -0.25) is 9.69 Å². The van der Waals surface area contributed by atoms with Gasteiger partial charge in [-0.25, -0.2) is 4.98 Å². The van der Waals surface area contributed by atoms with Gasteiger partial charge in [0.2, 0.25) is 0 Å². The number of thioether (sulfide) groups is 1. The van der Waals surface area contributed by atoms with Gasteiger partial charge in [0.05, 0.1) is 17.4 Å². The van der Waals surface area contributed by atoms with Crippen molar-refractivity contribution in [3.63, 3.8) is 0 Å². The van der Waals surface area contributed by atoms with E-state index in [9.17, 15) is 4.79 Å². The van der Waals surface area contributed by atoms with Crippen molar-refractivity contribution >= 4 is 56.8 Å². The fraction of sp³-hybridized carbons (Fsp3) is 0.364. The van der Waals surface area contributed by atoms with Gasteiger partial charge in [0.15, 0.2) is 5.13 Å². The third-order valence-corrected chi connectivity index (χ3v) is 6.47. The third-order valence-electron chi connectivity index (χ3n) is 4.47. The van der Waals surface area contributed by atoms with Crippen LogP contribution in [0.25, 0.3) is 10.2 Å². The lowest BCUT2D eigenvalue weighted by atomic mass is 10.2. The molecule has 8 heteroatoms. The third kappa shape index (κ3) is 5.66. The number of benzene rings is 2. The maximum absolute atomic E-state index is 13.6. The smallest absolute Gasteiger partial charge is 0.261 e. The summed E-state index contributed by atoms with van der Waals surface area (Å²) in [5.41, 5.74) is 1.53. The number of rotatable bonds is 9. The van der Waals surface area contributed by atoms with Crippen molar-refractivity contribution in [2.75, 3.05) is 44.9 Å². The first kappa shape index (κ1) is 24.5. The Morgan fingerprint density at radius 3 is 2.60 bits per heavy atom. The second-order valence-electron chi connectivity index (χ2n) is 6.85. The van der Waals surface area contributed by atoms with E-state index in [1.54, 1.807) is 18.9 Å². The Balaban J connectivity index is 0.00000320. The molecule has 0 unspecified atom stereocenters. The van der Waals surface area contributed by atoms with Crippen LogP contribution >= 0.6 is 35.5 Å². The van der Waals surface area contributed by atoms with E-state index >= 15 is 0 Å². The van der Waals surface area contributed by atoms with Gasteiger partial charge in [-0.1, -0.05) is 36.5 Å². The summed E-state index contributed by atoms with van der Waals surface area (Å²) in [6, 6.07) is 13.7. The number of hydrogen-bond acceptors (Lipinski definition) is 6. The van der Waals surface area contributed by atoms with Crippen molar-refractivity contribution < 1.29 is 9.53 Å². The molecule has 0 spiro atoms. The highest BCUT2D eigenvalue weighted by molar-refractivity contribution is 7.99. The zero-order valence-corrected chi connectivity index (χ0v) is 20.2. The van der Waals surface area contributed by atoms with E-state index in [1.807, 2.05) is 61.5 Å². The van der Waals surface area contributed by atoms with Crippen LogP contribution in [0.15, 0.2) is 47.4 Å². The number of methoxy groups -OCH3 is 1. The first-order chi connectivity index (χ1) is 14.0. The number of carbonyl (C=O) groups excluding carboxylic acids is 1. The molecular weight excluding hydrogens is 438 g/mol. The van der Waals surface area contributed by atoms with Gasteiger partial charge in [0.25, 0.3) is 5.91 Å². The highest BCUT2D eigenvalue weighted by atomic mass is 35.5. The maximum Gasteiger partial charge on any atom is 0.261 e. The van der Waals surface area contributed by atoms with Crippen LogP contribution in [0.5, 0.6) is 5.75 Å². The summed E-state index contributed by atoms with van der Waals surface area (Å²) >= 11 is 3.22. The molecular formula is C22H28ClN3O2S2. The highest BCUT2D eigenvalue weighted by Crippen LogP contribution is 2.35. The summed E-state index contributed by atoms with van der Waals surface area (Å²) in [5.74, 6) is 1.65. The van der Waals surface area contributed by atoms with Crippen LogP contribution in [0.2, 0.25) is 0 Å². The second kappa shape index (κ2) is 11.6. The number of halogens is 1. The van der Waals surface area contributed by atoms with Crippen LogP contribution in [0.4, 0.5) is 5.13 Å². The first-order valence-corrected chi connectivity index (χ1v) is 11.5. The molecule has 0 aliphatic rings. The zero-order chi connectivity index (χ0) is 20.8. The summed E-state index contributed by atoms with van der Waals surface area (Å²) in [7, 11) is 5.73. The number of anilines is 1. The lowest BCUT2D eigenvalue weighted by molar-refractivity contribution is 0.0983. The Morgan fingerprint density at radius 1 is 1.13 bits per heavy atom. The topological polar surface area (TPSA) is 45.7 Å². The summed E-state index contributed by atoms with van der Waals surface area (Å²) in [4.78, 5) is 23.3. The van der Waals surface area contributed by atoms with E-state index in [2.05, 4.69) is 11.8 Å². The van der Waals surface area contributed by atoms with Crippen molar-refractivity contribution in [3.05, 3.63) is 48.0 Å². The van der Waals surface area contributed by atoms with Crippen LogP contribution in [0.3, 0.4) is 0 Å². The van der Waals surface area contributed by atoms with Crippen LogP contribution < -0.4 is 9.64 Å². The van der Waals surface area contributed by atoms with Gasteiger partial charge in [-0.05, 0) is 57.1 Å².